The zero-order chi connectivity index (χ0) is 12.4. The van der Waals surface area contributed by atoms with Gasteiger partial charge in [0.15, 0.2) is 0 Å². The Morgan fingerprint density at radius 1 is 1.24 bits per heavy atom. The Labute approximate surface area is 126 Å². The van der Waals surface area contributed by atoms with Crippen LogP contribution >= 0.6 is 54.8 Å². The molecule has 0 radical (unpaired) electrons. The van der Waals surface area contributed by atoms with Crippen LogP contribution in [0.15, 0.2) is 37.9 Å². The third kappa shape index (κ3) is 2.93. The summed E-state index contributed by atoms with van der Waals surface area (Å²) in [6.45, 7) is 0. The van der Waals surface area contributed by atoms with E-state index in [2.05, 4.69) is 47.9 Å². The normalized spacial score (nSPS) is 12.7. The van der Waals surface area contributed by atoms with Gasteiger partial charge in [-0.2, -0.15) is 11.3 Å². The lowest BCUT2D eigenvalue weighted by atomic mass is 10.0. The van der Waals surface area contributed by atoms with Gasteiger partial charge in [-0.15, -0.1) is 0 Å². The van der Waals surface area contributed by atoms with E-state index in [4.69, 9.17) is 11.6 Å². The maximum absolute atomic E-state index is 6.27. The van der Waals surface area contributed by atoms with E-state index in [-0.39, 0.29) is 6.04 Å². The molecule has 0 saturated carbocycles. The SMILES string of the molecule is CNC(c1cc(Br)ccc1Cl)c1cscc1Br. The smallest absolute Gasteiger partial charge is 0.0608 e. The van der Waals surface area contributed by atoms with Crippen molar-refractivity contribution < 1.29 is 0 Å². The second-order valence-corrected chi connectivity index (χ2v) is 6.48. The lowest BCUT2D eigenvalue weighted by Gasteiger charge is -2.18. The van der Waals surface area contributed by atoms with E-state index in [1.165, 1.54) is 5.56 Å². The van der Waals surface area contributed by atoms with Crippen LogP contribution in [-0.2, 0) is 0 Å². The van der Waals surface area contributed by atoms with Crippen LogP contribution in [0.1, 0.15) is 17.2 Å². The minimum atomic E-state index is 0.0978. The van der Waals surface area contributed by atoms with E-state index in [1.54, 1.807) is 11.3 Å². The van der Waals surface area contributed by atoms with Crippen LogP contribution in [0.25, 0.3) is 0 Å². The highest BCUT2D eigenvalue weighted by atomic mass is 79.9. The molecule has 1 nitrogen and oxygen atoms in total. The van der Waals surface area contributed by atoms with Crippen molar-refractivity contribution in [3.05, 3.63) is 54.1 Å². The Bertz CT molecular complexity index is 527. The maximum Gasteiger partial charge on any atom is 0.0608 e. The van der Waals surface area contributed by atoms with Gasteiger partial charge in [0.1, 0.15) is 0 Å². The molecular formula is C12H10Br2ClNS. The Kier molecular flexibility index (Phi) is 4.66. The number of benzene rings is 1. The summed E-state index contributed by atoms with van der Waals surface area (Å²) in [5, 5.41) is 8.27. The van der Waals surface area contributed by atoms with Gasteiger partial charge in [0.05, 0.1) is 6.04 Å². The highest BCUT2D eigenvalue weighted by Gasteiger charge is 2.18. The fourth-order valence-electron chi connectivity index (χ4n) is 1.71. The van der Waals surface area contributed by atoms with E-state index in [1.807, 2.05) is 25.2 Å². The number of hydrogen-bond donors (Lipinski definition) is 1. The summed E-state index contributed by atoms with van der Waals surface area (Å²) >= 11 is 15.0. The molecular weight excluding hydrogens is 385 g/mol. The van der Waals surface area contributed by atoms with Crippen LogP contribution < -0.4 is 5.32 Å². The molecule has 2 aromatic rings. The molecule has 1 heterocycles. The molecule has 17 heavy (non-hydrogen) atoms. The molecule has 0 fully saturated rings. The molecule has 5 heteroatoms. The Morgan fingerprint density at radius 3 is 2.59 bits per heavy atom. The first kappa shape index (κ1) is 13.6. The lowest BCUT2D eigenvalue weighted by molar-refractivity contribution is 0.691. The van der Waals surface area contributed by atoms with Gasteiger partial charge < -0.3 is 5.32 Å². The molecule has 0 bridgehead atoms. The van der Waals surface area contributed by atoms with E-state index in [9.17, 15) is 0 Å². The average Bonchev–Trinajstić information content (AvgIpc) is 2.71. The first-order valence-corrected chi connectivity index (χ1v) is 7.88. The van der Waals surface area contributed by atoms with Crippen molar-refractivity contribution in [2.75, 3.05) is 7.05 Å². The first-order chi connectivity index (χ1) is 8.13. The molecule has 1 aromatic heterocycles. The molecule has 0 amide bonds. The summed E-state index contributed by atoms with van der Waals surface area (Å²) in [7, 11) is 1.94. The fourth-order valence-corrected chi connectivity index (χ4v) is 3.87. The summed E-state index contributed by atoms with van der Waals surface area (Å²) in [6.07, 6.45) is 0. The van der Waals surface area contributed by atoms with E-state index < -0.39 is 0 Å². The Morgan fingerprint density at radius 2 is 2.00 bits per heavy atom. The third-order valence-electron chi connectivity index (χ3n) is 2.51. The van der Waals surface area contributed by atoms with Crippen LogP contribution in [0.5, 0.6) is 0 Å². The lowest BCUT2D eigenvalue weighted by Crippen LogP contribution is -2.17. The van der Waals surface area contributed by atoms with E-state index >= 15 is 0 Å². The topological polar surface area (TPSA) is 12.0 Å². The maximum atomic E-state index is 6.27. The predicted octanol–water partition coefficient (Wildman–Crippen LogP) is 5.24. The number of thiophene rings is 1. The molecule has 90 valence electrons. The number of hydrogen-bond acceptors (Lipinski definition) is 2. The first-order valence-electron chi connectivity index (χ1n) is 4.97. The van der Waals surface area contributed by atoms with Crippen molar-refractivity contribution in [2.24, 2.45) is 0 Å². The number of nitrogens with one attached hydrogen (secondary N) is 1. The van der Waals surface area contributed by atoms with Crippen molar-refractivity contribution >= 4 is 54.8 Å². The number of rotatable bonds is 3. The third-order valence-corrected chi connectivity index (χ3v) is 5.10. The zero-order valence-electron chi connectivity index (χ0n) is 9.01. The molecule has 0 spiro atoms. The average molecular weight is 396 g/mol. The highest BCUT2D eigenvalue weighted by molar-refractivity contribution is 9.10. The van der Waals surface area contributed by atoms with Crippen LogP contribution in [0.3, 0.4) is 0 Å². The molecule has 1 N–H and O–H groups in total. The van der Waals surface area contributed by atoms with Gasteiger partial charge in [0.25, 0.3) is 0 Å². The quantitative estimate of drug-likeness (QED) is 0.750. The van der Waals surface area contributed by atoms with Crippen molar-refractivity contribution in [3.63, 3.8) is 0 Å². The second-order valence-electron chi connectivity index (χ2n) is 3.56. The molecule has 0 aliphatic heterocycles. The molecule has 0 aliphatic carbocycles. The van der Waals surface area contributed by atoms with Gasteiger partial charge in [-0.1, -0.05) is 27.5 Å². The van der Waals surface area contributed by atoms with Crippen LogP contribution in [0.4, 0.5) is 0 Å². The van der Waals surface area contributed by atoms with Crippen molar-refractivity contribution in [1.82, 2.24) is 5.32 Å². The Hall–Kier alpha value is 0.130. The van der Waals surface area contributed by atoms with Gasteiger partial charge >= 0.3 is 0 Å². The monoisotopic (exact) mass is 393 g/mol. The summed E-state index contributed by atoms with van der Waals surface area (Å²) in [5.74, 6) is 0. The summed E-state index contributed by atoms with van der Waals surface area (Å²) in [5.41, 5.74) is 2.28. The van der Waals surface area contributed by atoms with Gasteiger partial charge in [-0.05, 0) is 57.7 Å². The van der Waals surface area contributed by atoms with E-state index in [0.717, 1.165) is 19.5 Å². The minimum Gasteiger partial charge on any atom is -0.309 e. The van der Waals surface area contributed by atoms with Gasteiger partial charge in [-0.25, -0.2) is 0 Å². The molecule has 1 aromatic carbocycles. The molecule has 2 rings (SSSR count). The van der Waals surface area contributed by atoms with Crippen molar-refractivity contribution in [1.29, 1.82) is 0 Å². The summed E-state index contributed by atoms with van der Waals surface area (Å²) in [4.78, 5) is 0. The summed E-state index contributed by atoms with van der Waals surface area (Å²) in [6, 6.07) is 6.00. The van der Waals surface area contributed by atoms with Gasteiger partial charge in [0.2, 0.25) is 0 Å². The zero-order valence-corrected chi connectivity index (χ0v) is 13.8. The molecule has 0 aliphatic rings. The Balaban J connectivity index is 2.49. The highest BCUT2D eigenvalue weighted by Crippen LogP contribution is 2.35. The van der Waals surface area contributed by atoms with Crippen LogP contribution in [-0.4, -0.2) is 7.05 Å². The number of halogens is 3. The minimum absolute atomic E-state index is 0.0978. The second kappa shape index (κ2) is 5.85. The fraction of sp³-hybridized carbons (Fsp3) is 0.167. The summed E-state index contributed by atoms with van der Waals surface area (Å²) < 4.78 is 2.14. The molecule has 0 saturated heterocycles. The standard InChI is InChI=1S/C12H10Br2ClNS/c1-16-12(9-5-17-6-10(9)14)8-4-7(13)2-3-11(8)15/h2-6,12,16H,1H3. The van der Waals surface area contributed by atoms with E-state index in [0.29, 0.717) is 0 Å². The van der Waals surface area contributed by atoms with Gasteiger partial charge in [0, 0.05) is 19.3 Å². The van der Waals surface area contributed by atoms with Crippen LogP contribution in [0, 0.1) is 0 Å². The van der Waals surface area contributed by atoms with Crippen LogP contribution in [0.2, 0.25) is 5.02 Å². The molecule has 1 unspecified atom stereocenters. The van der Waals surface area contributed by atoms with Crippen molar-refractivity contribution in [2.45, 2.75) is 6.04 Å². The predicted molar refractivity (Wildman–Crippen MR) is 82.1 cm³/mol. The van der Waals surface area contributed by atoms with Crippen molar-refractivity contribution in [3.8, 4) is 0 Å². The molecule has 1 atom stereocenters. The largest absolute Gasteiger partial charge is 0.309 e. The van der Waals surface area contributed by atoms with Gasteiger partial charge in [-0.3, -0.25) is 0 Å².